The predicted molar refractivity (Wildman–Crippen MR) is 125 cm³/mol. The Morgan fingerprint density at radius 3 is 2.33 bits per heavy atom. The summed E-state index contributed by atoms with van der Waals surface area (Å²) in [6, 6.07) is 13.9. The highest BCUT2D eigenvalue weighted by molar-refractivity contribution is 7.99. The zero-order valence-corrected chi connectivity index (χ0v) is 19.6. The number of nitrogens with one attached hydrogen (secondary N) is 1. The number of carbonyl (C=O) groups is 2. The van der Waals surface area contributed by atoms with E-state index in [1.165, 1.54) is 11.8 Å². The minimum absolute atomic E-state index is 0.164. The van der Waals surface area contributed by atoms with Crippen LogP contribution >= 0.6 is 11.8 Å². The number of anilines is 1. The molecule has 0 fully saturated rings. The van der Waals surface area contributed by atoms with Crippen LogP contribution in [0.3, 0.4) is 0 Å². The molecule has 3 aromatic rings. The van der Waals surface area contributed by atoms with Gasteiger partial charge in [0.05, 0.1) is 25.0 Å². The third-order valence-corrected chi connectivity index (χ3v) is 5.52. The van der Waals surface area contributed by atoms with Gasteiger partial charge in [0.25, 0.3) is 0 Å². The van der Waals surface area contributed by atoms with Gasteiger partial charge in [-0.1, -0.05) is 11.8 Å². The number of ether oxygens (including phenoxy) is 3. The minimum atomic E-state index is -0.392. The third kappa shape index (κ3) is 6.72. The van der Waals surface area contributed by atoms with Crippen molar-refractivity contribution in [2.45, 2.75) is 32.2 Å². The molecule has 0 unspecified atom stereocenters. The number of hydrogen-bond acceptors (Lipinski definition) is 8. The van der Waals surface area contributed by atoms with Crippen molar-refractivity contribution in [3.63, 3.8) is 0 Å². The summed E-state index contributed by atoms with van der Waals surface area (Å²) >= 11 is 1.29. The Kier molecular flexibility index (Phi) is 8.71. The van der Waals surface area contributed by atoms with E-state index in [1.54, 1.807) is 38.3 Å². The maximum atomic E-state index is 12.4. The van der Waals surface area contributed by atoms with E-state index in [9.17, 15) is 9.59 Å². The molecule has 0 saturated heterocycles. The lowest BCUT2D eigenvalue weighted by Crippen LogP contribution is -2.15. The maximum absolute atomic E-state index is 12.4. The molecule has 0 radical (unpaired) electrons. The second-order valence-electron chi connectivity index (χ2n) is 6.74. The van der Waals surface area contributed by atoms with Gasteiger partial charge in [0.15, 0.2) is 11.0 Å². The average molecular weight is 471 g/mol. The lowest BCUT2D eigenvalue weighted by molar-refractivity contribution is -0.113. The minimum Gasteiger partial charge on any atom is -0.497 e. The lowest BCUT2D eigenvalue weighted by atomic mass is 10.2. The van der Waals surface area contributed by atoms with Crippen molar-refractivity contribution in [2.24, 2.45) is 0 Å². The van der Waals surface area contributed by atoms with Crippen LogP contribution in [0.5, 0.6) is 11.5 Å². The number of aromatic nitrogens is 3. The smallest absolute Gasteiger partial charge is 0.338 e. The molecule has 1 heterocycles. The van der Waals surface area contributed by atoms with Crippen molar-refractivity contribution < 1.29 is 23.8 Å². The highest BCUT2D eigenvalue weighted by Gasteiger charge is 2.14. The van der Waals surface area contributed by atoms with Gasteiger partial charge in [-0.05, 0) is 62.4 Å². The molecule has 0 saturated carbocycles. The molecule has 10 heteroatoms. The van der Waals surface area contributed by atoms with Crippen LogP contribution in [0.4, 0.5) is 5.69 Å². The average Bonchev–Trinajstić information content (AvgIpc) is 3.24. The van der Waals surface area contributed by atoms with Gasteiger partial charge in [0, 0.05) is 12.2 Å². The number of esters is 1. The van der Waals surface area contributed by atoms with Crippen LogP contribution in [-0.2, 0) is 22.7 Å². The third-order valence-electron chi connectivity index (χ3n) is 4.55. The van der Waals surface area contributed by atoms with E-state index in [0.29, 0.717) is 41.1 Å². The van der Waals surface area contributed by atoms with Crippen molar-refractivity contribution in [3.05, 3.63) is 59.9 Å². The van der Waals surface area contributed by atoms with E-state index < -0.39 is 5.97 Å². The van der Waals surface area contributed by atoms with Crippen LogP contribution in [0.2, 0.25) is 0 Å². The molecular weight excluding hydrogens is 444 g/mol. The fraction of sp³-hybridized carbons (Fsp3) is 0.304. The van der Waals surface area contributed by atoms with Gasteiger partial charge < -0.3 is 24.1 Å². The van der Waals surface area contributed by atoms with Crippen LogP contribution in [0.1, 0.15) is 30.0 Å². The summed E-state index contributed by atoms with van der Waals surface area (Å²) in [7, 11) is 1.61. The van der Waals surface area contributed by atoms with Crippen molar-refractivity contribution in [2.75, 3.05) is 24.8 Å². The second-order valence-corrected chi connectivity index (χ2v) is 7.68. The molecule has 1 N–H and O–H groups in total. The Morgan fingerprint density at radius 2 is 1.70 bits per heavy atom. The highest BCUT2D eigenvalue weighted by atomic mass is 32.2. The molecule has 0 aliphatic carbocycles. The Labute approximate surface area is 196 Å². The molecule has 1 aromatic heterocycles. The molecule has 2 aromatic carbocycles. The topological polar surface area (TPSA) is 105 Å². The predicted octanol–water partition coefficient (Wildman–Crippen LogP) is 3.79. The second kappa shape index (κ2) is 11.9. The fourth-order valence-corrected chi connectivity index (χ4v) is 3.72. The lowest BCUT2D eigenvalue weighted by Gasteiger charge is -2.09. The van der Waals surface area contributed by atoms with Gasteiger partial charge in [-0.15, -0.1) is 10.2 Å². The number of amides is 1. The first kappa shape index (κ1) is 24.1. The van der Waals surface area contributed by atoms with Crippen molar-refractivity contribution in [1.82, 2.24) is 14.8 Å². The first-order valence-electron chi connectivity index (χ1n) is 10.4. The quantitative estimate of drug-likeness (QED) is 0.333. The summed E-state index contributed by atoms with van der Waals surface area (Å²) in [6.07, 6.45) is 0. The van der Waals surface area contributed by atoms with Gasteiger partial charge in [-0.2, -0.15) is 0 Å². The molecule has 33 heavy (non-hydrogen) atoms. The molecule has 0 aliphatic rings. The molecule has 0 atom stereocenters. The number of thioether (sulfide) groups is 1. The zero-order valence-electron chi connectivity index (χ0n) is 18.7. The summed E-state index contributed by atoms with van der Waals surface area (Å²) in [5, 5.41) is 11.8. The fourth-order valence-electron chi connectivity index (χ4n) is 2.90. The van der Waals surface area contributed by atoms with Crippen LogP contribution in [0.25, 0.3) is 0 Å². The van der Waals surface area contributed by atoms with E-state index >= 15 is 0 Å². The van der Waals surface area contributed by atoms with Gasteiger partial charge in [0.2, 0.25) is 5.91 Å². The summed E-state index contributed by atoms with van der Waals surface area (Å²) in [4.78, 5) is 24.1. The SMILES string of the molecule is CCOC(=O)c1ccc(NC(=O)CSc2nnc(COc3ccc(OC)cc3)n2CC)cc1. The van der Waals surface area contributed by atoms with E-state index in [1.807, 2.05) is 35.8 Å². The Bertz CT molecular complexity index is 1070. The van der Waals surface area contributed by atoms with Crippen LogP contribution in [-0.4, -0.2) is 46.1 Å². The number of benzene rings is 2. The molecule has 0 spiro atoms. The Hall–Kier alpha value is -3.53. The van der Waals surface area contributed by atoms with E-state index in [-0.39, 0.29) is 18.3 Å². The van der Waals surface area contributed by atoms with E-state index in [0.717, 1.165) is 5.75 Å². The molecule has 1 amide bonds. The molecule has 9 nitrogen and oxygen atoms in total. The van der Waals surface area contributed by atoms with Crippen molar-refractivity contribution >= 4 is 29.3 Å². The molecular formula is C23H26N4O5S. The zero-order chi connectivity index (χ0) is 23.6. The number of nitrogens with zero attached hydrogens (tertiary/aromatic N) is 3. The Balaban J connectivity index is 1.52. The number of methoxy groups -OCH3 is 1. The summed E-state index contributed by atoms with van der Waals surface area (Å²) in [5.74, 6) is 1.71. The van der Waals surface area contributed by atoms with E-state index in [4.69, 9.17) is 14.2 Å². The normalized spacial score (nSPS) is 10.5. The monoisotopic (exact) mass is 470 g/mol. The maximum Gasteiger partial charge on any atom is 0.338 e. The summed E-state index contributed by atoms with van der Waals surface area (Å²) in [5.41, 5.74) is 1.03. The molecule has 0 aliphatic heterocycles. The highest BCUT2D eigenvalue weighted by Crippen LogP contribution is 2.21. The summed E-state index contributed by atoms with van der Waals surface area (Å²) < 4.78 is 17.8. The first-order chi connectivity index (χ1) is 16.0. The van der Waals surface area contributed by atoms with Gasteiger partial charge in [0.1, 0.15) is 18.1 Å². The molecule has 174 valence electrons. The van der Waals surface area contributed by atoms with Gasteiger partial charge >= 0.3 is 5.97 Å². The largest absolute Gasteiger partial charge is 0.497 e. The van der Waals surface area contributed by atoms with Gasteiger partial charge in [-0.25, -0.2) is 4.79 Å². The number of carbonyl (C=O) groups excluding carboxylic acids is 2. The summed E-state index contributed by atoms with van der Waals surface area (Å²) in [6.45, 7) is 4.95. The van der Waals surface area contributed by atoms with Gasteiger partial charge in [-0.3, -0.25) is 4.79 Å². The first-order valence-corrected chi connectivity index (χ1v) is 11.4. The Morgan fingerprint density at radius 1 is 1.00 bits per heavy atom. The number of rotatable bonds is 11. The molecule has 3 rings (SSSR count). The standard InChI is InChI=1S/C23H26N4O5S/c1-4-27-20(14-32-19-12-10-18(30-3)11-13-19)25-26-23(27)33-15-21(28)24-17-8-6-16(7-9-17)22(29)31-5-2/h6-13H,4-5,14-15H2,1-3H3,(H,24,28). The van der Waals surface area contributed by atoms with Crippen LogP contribution in [0.15, 0.2) is 53.7 Å². The van der Waals surface area contributed by atoms with Crippen LogP contribution < -0.4 is 14.8 Å². The van der Waals surface area contributed by atoms with Crippen molar-refractivity contribution in [1.29, 1.82) is 0 Å². The van der Waals surface area contributed by atoms with E-state index in [2.05, 4.69) is 15.5 Å². The van der Waals surface area contributed by atoms with Crippen molar-refractivity contribution in [3.8, 4) is 11.5 Å². The molecule has 0 bridgehead atoms. The van der Waals surface area contributed by atoms with Crippen LogP contribution in [0, 0.1) is 0 Å². The number of hydrogen-bond donors (Lipinski definition) is 1.